The number of hydrogen-bond acceptors (Lipinski definition) is 5. The molecule has 4 aliphatic rings. The van der Waals surface area contributed by atoms with E-state index in [0.29, 0.717) is 5.92 Å². The predicted octanol–water partition coefficient (Wildman–Crippen LogP) is -3.49. The average molecular weight is 394 g/mol. The van der Waals surface area contributed by atoms with Crippen LogP contribution in [0.25, 0.3) is 6.08 Å². The Morgan fingerprint density at radius 2 is 1.81 bits per heavy atom. The number of rotatable bonds is 4. The van der Waals surface area contributed by atoms with E-state index < -0.39 is 7.82 Å². The summed E-state index contributed by atoms with van der Waals surface area (Å²) in [5, 5.41) is 0. The third-order valence-electron chi connectivity index (χ3n) is 5.89. The van der Waals surface area contributed by atoms with Crippen molar-refractivity contribution in [1.29, 1.82) is 0 Å². The van der Waals surface area contributed by atoms with Crippen LogP contribution in [0, 0.1) is 17.8 Å². The van der Waals surface area contributed by atoms with E-state index in [2.05, 4.69) is 10.6 Å². The molecule has 8 heteroatoms. The Balaban J connectivity index is 0.00000121. The van der Waals surface area contributed by atoms with Crippen molar-refractivity contribution in [2.24, 2.45) is 17.8 Å². The van der Waals surface area contributed by atoms with E-state index in [1.165, 1.54) is 30.9 Å². The first-order chi connectivity index (χ1) is 11.4. The number of ether oxygens (including phenoxy) is 1. The summed E-state index contributed by atoms with van der Waals surface area (Å²) in [6.07, 6.45) is 8.05. The molecule has 4 fully saturated rings. The second-order valence-corrected chi connectivity index (χ2v) is 8.53. The summed E-state index contributed by atoms with van der Waals surface area (Å²) in [7, 11) is -3.24. The standard InChI is InChI=1S/C18H23O5P.2Na/c1-22-18-10-13-5-14(11-18)7-15(6-13)17(18)9-12-3-2-4-16(8-12)23-24(19,20)21;;/h2-4,8-9,13-15H,5-7,10-11H2,1H3,(H2,19,20,21);;/q;2*+1/p-2. The van der Waals surface area contributed by atoms with Crippen LogP contribution >= 0.6 is 7.82 Å². The SMILES string of the molecule is COC12CC3CC(CC(C3)C1=Cc1cccc(OP(=O)([O-])[O-])c1)C2.[Na+].[Na+]. The zero-order valence-electron chi connectivity index (χ0n) is 15.6. The van der Waals surface area contributed by atoms with Gasteiger partial charge in [0.05, 0.1) is 5.60 Å². The van der Waals surface area contributed by atoms with Gasteiger partial charge in [-0.3, -0.25) is 0 Å². The van der Waals surface area contributed by atoms with E-state index in [-0.39, 0.29) is 70.5 Å². The van der Waals surface area contributed by atoms with Gasteiger partial charge in [0.15, 0.2) is 0 Å². The van der Waals surface area contributed by atoms with Crippen LogP contribution in [0.1, 0.15) is 37.7 Å². The molecular weight excluding hydrogens is 373 g/mol. The topological polar surface area (TPSA) is 81.7 Å². The Labute approximate surface area is 198 Å². The van der Waals surface area contributed by atoms with Gasteiger partial charge in [-0.15, -0.1) is 0 Å². The van der Waals surface area contributed by atoms with Gasteiger partial charge < -0.3 is 23.6 Å². The third kappa shape index (κ3) is 4.71. The molecule has 0 aromatic heterocycles. The summed E-state index contributed by atoms with van der Waals surface area (Å²) in [5.41, 5.74) is 2.00. The number of benzene rings is 1. The molecular formula is C18H21Na2O5P. The fraction of sp³-hybridized carbons (Fsp3) is 0.556. The first-order valence-corrected chi connectivity index (χ1v) is 9.92. The Morgan fingerprint density at radius 1 is 1.15 bits per heavy atom. The molecule has 1 aromatic carbocycles. The van der Waals surface area contributed by atoms with Crippen molar-refractivity contribution in [1.82, 2.24) is 0 Å². The van der Waals surface area contributed by atoms with E-state index in [1.807, 2.05) is 6.07 Å². The molecule has 4 saturated carbocycles. The van der Waals surface area contributed by atoms with E-state index in [0.717, 1.165) is 30.2 Å². The van der Waals surface area contributed by atoms with E-state index >= 15 is 0 Å². The molecule has 0 N–H and O–H groups in total. The summed E-state index contributed by atoms with van der Waals surface area (Å²) < 4.78 is 21.3. The molecule has 0 heterocycles. The van der Waals surface area contributed by atoms with Gasteiger partial charge in [0.25, 0.3) is 0 Å². The van der Waals surface area contributed by atoms with Crippen molar-refractivity contribution in [3.8, 4) is 5.75 Å². The first kappa shape index (κ1) is 23.2. The smallest absolute Gasteiger partial charge is 0.780 e. The fourth-order valence-corrected chi connectivity index (χ4v) is 5.65. The molecule has 0 spiro atoms. The summed E-state index contributed by atoms with van der Waals surface area (Å²) in [6.45, 7) is 0. The van der Waals surface area contributed by atoms with E-state index in [9.17, 15) is 14.4 Å². The Bertz CT molecular complexity index is 718. The number of methoxy groups -OCH3 is 1. The van der Waals surface area contributed by atoms with Crippen LogP contribution in [-0.4, -0.2) is 12.7 Å². The minimum atomic E-state index is -5.04. The van der Waals surface area contributed by atoms with Crippen molar-refractivity contribution in [3.63, 3.8) is 0 Å². The zero-order chi connectivity index (χ0) is 16.9. The van der Waals surface area contributed by atoms with Gasteiger partial charge in [0, 0.05) is 7.11 Å². The minimum absolute atomic E-state index is 0. The monoisotopic (exact) mass is 394 g/mol. The summed E-state index contributed by atoms with van der Waals surface area (Å²) in [6, 6.07) is 6.68. The van der Waals surface area contributed by atoms with Crippen molar-refractivity contribution in [2.75, 3.05) is 7.11 Å². The second kappa shape index (κ2) is 8.71. The van der Waals surface area contributed by atoms with Crippen LogP contribution in [0.4, 0.5) is 0 Å². The molecule has 130 valence electrons. The Hall–Kier alpha value is 0.870. The summed E-state index contributed by atoms with van der Waals surface area (Å²) in [5.74, 6) is 2.14. The molecule has 0 saturated heterocycles. The van der Waals surface area contributed by atoms with Gasteiger partial charge in [-0.2, -0.15) is 0 Å². The van der Waals surface area contributed by atoms with Crippen LogP contribution in [-0.2, 0) is 9.30 Å². The average Bonchev–Trinajstić information content (AvgIpc) is 2.49. The molecule has 5 nitrogen and oxygen atoms in total. The quantitative estimate of drug-likeness (QED) is 0.391. The van der Waals surface area contributed by atoms with Crippen LogP contribution in [0.15, 0.2) is 29.8 Å². The molecule has 2 unspecified atom stereocenters. The maximum Gasteiger partial charge on any atom is 1.00 e. The van der Waals surface area contributed by atoms with Crippen LogP contribution < -0.4 is 73.4 Å². The van der Waals surface area contributed by atoms with Crippen molar-refractivity contribution in [2.45, 2.75) is 37.7 Å². The van der Waals surface area contributed by atoms with Gasteiger partial charge in [0.1, 0.15) is 13.6 Å². The minimum Gasteiger partial charge on any atom is -0.780 e. The Kier molecular flexibility index (Phi) is 7.75. The summed E-state index contributed by atoms with van der Waals surface area (Å²) in [4.78, 5) is 21.6. The molecule has 0 radical (unpaired) electrons. The molecule has 4 bridgehead atoms. The van der Waals surface area contributed by atoms with Gasteiger partial charge in [-0.25, -0.2) is 0 Å². The van der Waals surface area contributed by atoms with Crippen LogP contribution in [0.3, 0.4) is 0 Å². The van der Waals surface area contributed by atoms with Gasteiger partial charge in [-0.05, 0) is 73.1 Å². The van der Waals surface area contributed by atoms with Gasteiger partial charge in [0.2, 0.25) is 0 Å². The molecule has 2 atom stereocenters. The van der Waals surface area contributed by atoms with Crippen molar-refractivity contribution < 1.29 is 82.7 Å². The summed E-state index contributed by atoms with van der Waals surface area (Å²) >= 11 is 0. The number of phosphoric ester groups is 1. The normalized spacial score (nSPS) is 33.5. The van der Waals surface area contributed by atoms with Crippen molar-refractivity contribution in [3.05, 3.63) is 35.4 Å². The number of hydrogen-bond donors (Lipinski definition) is 0. The van der Waals surface area contributed by atoms with E-state index in [1.54, 1.807) is 19.2 Å². The largest absolute Gasteiger partial charge is 1.00 e. The third-order valence-corrected chi connectivity index (χ3v) is 6.33. The fourth-order valence-electron chi connectivity index (χ4n) is 5.28. The molecule has 0 aliphatic heterocycles. The molecule has 1 aromatic rings. The first-order valence-electron chi connectivity index (χ1n) is 8.46. The van der Waals surface area contributed by atoms with Crippen LogP contribution in [0.5, 0.6) is 5.75 Å². The Morgan fingerprint density at radius 3 is 2.38 bits per heavy atom. The molecule has 5 rings (SSSR count). The predicted molar refractivity (Wildman–Crippen MR) is 85.9 cm³/mol. The molecule has 4 aliphatic carbocycles. The van der Waals surface area contributed by atoms with Gasteiger partial charge in [-0.1, -0.05) is 18.2 Å². The second-order valence-electron chi connectivity index (χ2n) is 7.45. The van der Waals surface area contributed by atoms with Gasteiger partial charge >= 0.3 is 59.1 Å². The molecule has 26 heavy (non-hydrogen) atoms. The van der Waals surface area contributed by atoms with E-state index in [4.69, 9.17) is 4.74 Å². The molecule has 0 amide bonds. The van der Waals surface area contributed by atoms with Crippen LogP contribution in [0.2, 0.25) is 0 Å². The zero-order valence-corrected chi connectivity index (χ0v) is 20.5. The maximum atomic E-state index is 10.8. The maximum absolute atomic E-state index is 10.8. The number of phosphoric acid groups is 1. The van der Waals surface area contributed by atoms with Crippen molar-refractivity contribution >= 4 is 13.9 Å².